The van der Waals surface area contributed by atoms with Crippen LogP contribution in [0, 0.1) is 11.3 Å². The van der Waals surface area contributed by atoms with Crippen LogP contribution in [0.4, 0.5) is 0 Å². The Labute approximate surface area is 67.4 Å². The molecule has 0 radical (unpaired) electrons. The van der Waals surface area contributed by atoms with E-state index in [1.807, 2.05) is 0 Å². The van der Waals surface area contributed by atoms with E-state index in [-0.39, 0.29) is 12.4 Å². The third-order valence-corrected chi connectivity index (χ3v) is 1.50. The van der Waals surface area contributed by atoms with Crippen LogP contribution in [0.25, 0.3) is 0 Å². The molecular formula is C6H12ClN3. The van der Waals surface area contributed by atoms with Gasteiger partial charge in [0, 0.05) is 26.2 Å². The smallest absolute Gasteiger partial charge is 0.0866 e. The lowest BCUT2D eigenvalue weighted by molar-refractivity contribution is 0.267. The van der Waals surface area contributed by atoms with Crippen LogP contribution in [-0.2, 0) is 0 Å². The van der Waals surface area contributed by atoms with Gasteiger partial charge in [-0.1, -0.05) is 0 Å². The highest BCUT2D eigenvalue weighted by Crippen LogP contribution is 1.88. The summed E-state index contributed by atoms with van der Waals surface area (Å²) in [6.45, 7) is 4.69. The first-order valence-electron chi connectivity index (χ1n) is 3.23. The van der Waals surface area contributed by atoms with Crippen LogP contribution in [0.1, 0.15) is 0 Å². The summed E-state index contributed by atoms with van der Waals surface area (Å²) in [7, 11) is 0. The van der Waals surface area contributed by atoms with Gasteiger partial charge >= 0.3 is 0 Å². The van der Waals surface area contributed by atoms with E-state index in [1.165, 1.54) is 0 Å². The molecule has 1 N–H and O–H groups in total. The predicted octanol–water partition coefficient (Wildman–Crippen LogP) is -0.163. The molecule has 0 spiro atoms. The summed E-state index contributed by atoms with van der Waals surface area (Å²) in [5.41, 5.74) is 0. The molecule has 0 atom stereocenters. The van der Waals surface area contributed by atoms with E-state index >= 15 is 0 Å². The average molecular weight is 162 g/mol. The molecule has 1 rings (SSSR count). The van der Waals surface area contributed by atoms with Crippen molar-refractivity contribution in [2.24, 2.45) is 0 Å². The monoisotopic (exact) mass is 161 g/mol. The van der Waals surface area contributed by atoms with Gasteiger partial charge < -0.3 is 5.32 Å². The molecule has 0 aromatic rings. The normalized spacial score (nSPS) is 19.1. The van der Waals surface area contributed by atoms with Crippen molar-refractivity contribution in [3.05, 3.63) is 0 Å². The molecule has 1 heterocycles. The Morgan fingerprint density at radius 3 is 2.50 bits per heavy atom. The fourth-order valence-electron chi connectivity index (χ4n) is 0.969. The zero-order valence-corrected chi connectivity index (χ0v) is 6.65. The van der Waals surface area contributed by atoms with Crippen molar-refractivity contribution < 1.29 is 0 Å². The van der Waals surface area contributed by atoms with E-state index in [9.17, 15) is 0 Å². The van der Waals surface area contributed by atoms with Crippen LogP contribution in [0.3, 0.4) is 0 Å². The van der Waals surface area contributed by atoms with Gasteiger partial charge in [-0.05, 0) is 0 Å². The maximum atomic E-state index is 8.31. The van der Waals surface area contributed by atoms with Gasteiger partial charge in [-0.2, -0.15) is 5.26 Å². The summed E-state index contributed by atoms with van der Waals surface area (Å²) >= 11 is 0. The van der Waals surface area contributed by atoms with Gasteiger partial charge in [0.2, 0.25) is 0 Å². The highest BCUT2D eigenvalue weighted by Gasteiger charge is 2.06. The Kier molecular flexibility index (Phi) is 5.32. The lowest BCUT2D eigenvalue weighted by atomic mass is 10.4. The second kappa shape index (κ2) is 5.48. The molecule has 1 aliphatic rings. The Bertz CT molecular complexity index is 115. The van der Waals surface area contributed by atoms with Crippen LogP contribution in [-0.4, -0.2) is 37.6 Å². The molecule has 0 aliphatic carbocycles. The molecule has 0 saturated carbocycles. The Balaban J connectivity index is 0.000000810. The van der Waals surface area contributed by atoms with Crippen molar-refractivity contribution in [2.75, 3.05) is 32.7 Å². The van der Waals surface area contributed by atoms with Crippen LogP contribution in [0.5, 0.6) is 0 Å². The summed E-state index contributed by atoms with van der Waals surface area (Å²) < 4.78 is 0. The van der Waals surface area contributed by atoms with Gasteiger partial charge in [0.05, 0.1) is 12.6 Å². The number of halogens is 1. The van der Waals surface area contributed by atoms with E-state index in [2.05, 4.69) is 16.3 Å². The Hall–Kier alpha value is -0.300. The van der Waals surface area contributed by atoms with Crippen molar-refractivity contribution in [3.8, 4) is 6.07 Å². The molecule has 1 aliphatic heterocycles. The molecule has 3 nitrogen and oxygen atoms in total. The van der Waals surface area contributed by atoms with Crippen LogP contribution < -0.4 is 5.32 Å². The molecule has 0 aromatic heterocycles. The number of hydrogen-bond donors (Lipinski definition) is 1. The highest BCUT2D eigenvalue weighted by atomic mass is 35.5. The maximum Gasteiger partial charge on any atom is 0.0866 e. The number of nitrogens with zero attached hydrogens (tertiary/aromatic N) is 2. The van der Waals surface area contributed by atoms with E-state index in [0.29, 0.717) is 6.54 Å². The van der Waals surface area contributed by atoms with Crippen molar-refractivity contribution >= 4 is 12.4 Å². The quantitative estimate of drug-likeness (QED) is 0.544. The topological polar surface area (TPSA) is 39.1 Å². The van der Waals surface area contributed by atoms with Crippen molar-refractivity contribution in [2.45, 2.75) is 0 Å². The summed E-state index contributed by atoms with van der Waals surface area (Å²) in [5, 5.41) is 11.5. The molecule has 0 bridgehead atoms. The van der Waals surface area contributed by atoms with Crippen LogP contribution in [0.15, 0.2) is 0 Å². The fourth-order valence-corrected chi connectivity index (χ4v) is 0.969. The number of piperazine rings is 1. The zero-order valence-electron chi connectivity index (χ0n) is 5.84. The molecule has 1 fully saturated rings. The predicted molar refractivity (Wildman–Crippen MR) is 42.2 cm³/mol. The zero-order chi connectivity index (χ0) is 6.53. The Morgan fingerprint density at radius 2 is 2.00 bits per heavy atom. The summed E-state index contributed by atoms with van der Waals surface area (Å²) in [5.74, 6) is 0. The molecule has 0 aromatic carbocycles. The minimum absolute atomic E-state index is 0. The lowest BCUT2D eigenvalue weighted by Crippen LogP contribution is -2.43. The summed E-state index contributed by atoms with van der Waals surface area (Å²) in [6.07, 6.45) is 0. The fraction of sp³-hybridized carbons (Fsp3) is 0.833. The van der Waals surface area contributed by atoms with Crippen LogP contribution in [0.2, 0.25) is 0 Å². The van der Waals surface area contributed by atoms with Gasteiger partial charge in [0.25, 0.3) is 0 Å². The van der Waals surface area contributed by atoms with Gasteiger partial charge in [-0.3, -0.25) is 4.90 Å². The second-order valence-corrected chi connectivity index (χ2v) is 2.18. The van der Waals surface area contributed by atoms with E-state index in [4.69, 9.17) is 5.26 Å². The highest BCUT2D eigenvalue weighted by molar-refractivity contribution is 5.85. The van der Waals surface area contributed by atoms with Crippen molar-refractivity contribution in [1.29, 1.82) is 5.26 Å². The largest absolute Gasteiger partial charge is 0.314 e. The second-order valence-electron chi connectivity index (χ2n) is 2.18. The number of hydrogen-bond acceptors (Lipinski definition) is 3. The van der Waals surface area contributed by atoms with E-state index < -0.39 is 0 Å². The van der Waals surface area contributed by atoms with Gasteiger partial charge in [0.1, 0.15) is 0 Å². The average Bonchev–Trinajstić information content (AvgIpc) is 1.91. The first kappa shape index (κ1) is 9.70. The third kappa shape index (κ3) is 3.02. The third-order valence-electron chi connectivity index (χ3n) is 1.50. The molecule has 0 unspecified atom stereocenters. The first-order valence-corrected chi connectivity index (χ1v) is 3.23. The van der Waals surface area contributed by atoms with Gasteiger partial charge in [0.15, 0.2) is 0 Å². The molecule has 0 amide bonds. The molecule has 58 valence electrons. The van der Waals surface area contributed by atoms with E-state index in [0.717, 1.165) is 26.2 Å². The minimum Gasteiger partial charge on any atom is -0.314 e. The van der Waals surface area contributed by atoms with Crippen molar-refractivity contribution in [1.82, 2.24) is 10.2 Å². The standard InChI is InChI=1S/C6H11N3.ClH/c7-1-4-9-5-2-8-3-6-9;/h8H,2-6H2;1H. The minimum atomic E-state index is 0. The maximum absolute atomic E-state index is 8.31. The van der Waals surface area contributed by atoms with Crippen molar-refractivity contribution in [3.63, 3.8) is 0 Å². The van der Waals surface area contributed by atoms with Gasteiger partial charge in [-0.15, -0.1) is 12.4 Å². The molecule has 10 heavy (non-hydrogen) atoms. The SMILES string of the molecule is Cl.N#CCN1CCNCC1. The number of nitriles is 1. The lowest BCUT2D eigenvalue weighted by Gasteiger charge is -2.24. The Morgan fingerprint density at radius 1 is 1.40 bits per heavy atom. The molecular weight excluding hydrogens is 150 g/mol. The first-order chi connectivity index (χ1) is 4.43. The number of rotatable bonds is 1. The van der Waals surface area contributed by atoms with Gasteiger partial charge in [-0.25, -0.2) is 0 Å². The summed E-state index contributed by atoms with van der Waals surface area (Å²) in [4.78, 5) is 2.15. The molecule has 1 saturated heterocycles. The van der Waals surface area contributed by atoms with E-state index in [1.54, 1.807) is 0 Å². The van der Waals surface area contributed by atoms with Crippen LogP contribution >= 0.6 is 12.4 Å². The summed E-state index contributed by atoms with van der Waals surface area (Å²) in [6, 6.07) is 2.14. The molecule has 4 heteroatoms. The number of nitrogens with one attached hydrogen (secondary N) is 1.